The zero-order valence-electron chi connectivity index (χ0n) is 11.4. The maximum atomic E-state index is 12.5. The maximum absolute atomic E-state index is 12.5. The first kappa shape index (κ1) is 15.2. The largest absolute Gasteiger partial charge is 0.384 e. The number of hydrazine groups is 1. The first-order valence-electron chi connectivity index (χ1n) is 6.49. The molecule has 0 bridgehead atoms. The van der Waals surface area contributed by atoms with Crippen molar-refractivity contribution in [3.8, 4) is 0 Å². The minimum Gasteiger partial charge on any atom is -0.384 e. The molecule has 0 amide bonds. The summed E-state index contributed by atoms with van der Waals surface area (Å²) < 4.78 is 31.7. The van der Waals surface area contributed by atoms with E-state index in [0.29, 0.717) is 25.5 Å². The molecule has 8 heteroatoms. The van der Waals surface area contributed by atoms with Gasteiger partial charge in [0.05, 0.1) is 6.61 Å². The van der Waals surface area contributed by atoms with Gasteiger partial charge < -0.3 is 10.2 Å². The fraction of sp³-hybridized carbons (Fsp3) is 0.583. The minimum absolute atomic E-state index is 0.189. The molecule has 0 spiro atoms. The number of nitrogens with zero attached hydrogens (tertiary/aromatic N) is 2. The van der Waals surface area contributed by atoms with Gasteiger partial charge in [-0.1, -0.05) is 0 Å². The van der Waals surface area contributed by atoms with Crippen LogP contribution in [0.1, 0.15) is 12.8 Å². The van der Waals surface area contributed by atoms with E-state index in [1.807, 2.05) is 0 Å². The average Bonchev–Trinajstić information content (AvgIpc) is 2.48. The third-order valence-corrected chi connectivity index (χ3v) is 5.25. The van der Waals surface area contributed by atoms with Crippen molar-refractivity contribution in [2.45, 2.75) is 17.7 Å². The number of aromatic nitrogens is 1. The Kier molecular flexibility index (Phi) is 4.92. The molecule has 20 heavy (non-hydrogen) atoms. The Morgan fingerprint density at radius 2 is 2.35 bits per heavy atom. The van der Waals surface area contributed by atoms with Crippen molar-refractivity contribution in [1.29, 1.82) is 0 Å². The smallest absolute Gasteiger partial charge is 0.244 e. The van der Waals surface area contributed by atoms with E-state index >= 15 is 0 Å². The van der Waals surface area contributed by atoms with Gasteiger partial charge in [-0.15, -0.1) is 0 Å². The van der Waals surface area contributed by atoms with Gasteiger partial charge in [0.2, 0.25) is 10.0 Å². The SMILES string of the molecule is COCC1CCCN(S(=O)(=O)c2ccc(NN)nc2)C1. The number of nitrogens with two attached hydrogens (primary N) is 1. The highest BCUT2D eigenvalue weighted by Crippen LogP contribution is 2.23. The van der Waals surface area contributed by atoms with E-state index in [-0.39, 0.29) is 10.8 Å². The number of ether oxygens (including phenoxy) is 1. The van der Waals surface area contributed by atoms with Gasteiger partial charge in [0.1, 0.15) is 10.7 Å². The summed E-state index contributed by atoms with van der Waals surface area (Å²) in [6, 6.07) is 3.06. The van der Waals surface area contributed by atoms with Crippen molar-refractivity contribution in [3.63, 3.8) is 0 Å². The number of sulfonamides is 1. The molecular formula is C12H20N4O3S. The second kappa shape index (κ2) is 6.49. The fourth-order valence-corrected chi connectivity index (χ4v) is 3.88. The predicted molar refractivity (Wildman–Crippen MR) is 75.4 cm³/mol. The summed E-state index contributed by atoms with van der Waals surface area (Å²) in [6.07, 6.45) is 3.17. The van der Waals surface area contributed by atoms with E-state index in [1.54, 1.807) is 13.2 Å². The van der Waals surface area contributed by atoms with Gasteiger partial charge in [0, 0.05) is 26.4 Å². The lowest BCUT2D eigenvalue weighted by Gasteiger charge is -2.31. The molecule has 3 N–H and O–H groups in total. The first-order valence-corrected chi connectivity index (χ1v) is 7.93. The highest BCUT2D eigenvalue weighted by Gasteiger charge is 2.30. The van der Waals surface area contributed by atoms with Crippen molar-refractivity contribution in [1.82, 2.24) is 9.29 Å². The number of hydrogen-bond acceptors (Lipinski definition) is 6. The van der Waals surface area contributed by atoms with Crippen molar-refractivity contribution in [2.75, 3.05) is 32.2 Å². The Morgan fingerprint density at radius 3 is 2.95 bits per heavy atom. The molecule has 1 aromatic heterocycles. The molecule has 1 saturated heterocycles. The molecule has 2 heterocycles. The highest BCUT2D eigenvalue weighted by molar-refractivity contribution is 7.89. The molecule has 2 rings (SSSR count). The normalized spacial score (nSPS) is 20.8. The summed E-state index contributed by atoms with van der Waals surface area (Å²) >= 11 is 0. The highest BCUT2D eigenvalue weighted by atomic mass is 32.2. The Balaban J connectivity index is 2.16. The number of rotatable bonds is 5. The number of nitrogen functional groups attached to an aromatic ring is 1. The van der Waals surface area contributed by atoms with E-state index < -0.39 is 10.0 Å². The van der Waals surface area contributed by atoms with Crippen LogP contribution in [0.15, 0.2) is 23.2 Å². The van der Waals surface area contributed by atoms with Gasteiger partial charge >= 0.3 is 0 Å². The minimum atomic E-state index is -3.49. The molecule has 1 unspecified atom stereocenters. The van der Waals surface area contributed by atoms with E-state index in [9.17, 15) is 8.42 Å². The van der Waals surface area contributed by atoms with Gasteiger partial charge in [0.25, 0.3) is 0 Å². The standard InChI is InChI=1S/C12H20N4O3S/c1-19-9-10-3-2-6-16(8-10)20(17,18)11-4-5-12(15-13)14-7-11/h4-5,7,10H,2-3,6,8-9,13H2,1H3,(H,14,15). The number of methoxy groups -OCH3 is 1. The van der Waals surface area contributed by atoms with Crippen LogP contribution in [0.2, 0.25) is 0 Å². The third kappa shape index (κ3) is 3.26. The van der Waals surface area contributed by atoms with Crippen LogP contribution in [0.5, 0.6) is 0 Å². The van der Waals surface area contributed by atoms with Gasteiger partial charge in [-0.3, -0.25) is 0 Å². The Hall–Kier alpha value is -1.22. The second-order valence-corrected chi connectivity index (χ2v) is 6.79. The fourth-order valence-electron chi connectivity index (χ4n) is 2.38. The predicted octanol–water partition coefficient (Wildman–Crippen LogP) is 0.414. The number of hydrogen-bond donors (Lipinski definition) is 2. The summed E-state index contributed by atoms with van der Waals surface area (Å²) in [5, 5.41) is 0. The molecule has 7 nitrogen and oxygen atoms in total. The first-order chi connectivity index (χ1) is 9.57. The summed E-state index contributed by atoms with van der Waals surface area (Å²) in [5.41, 5.74) is 2.37. The van der Waals surface area contributed by atoms with Crippen LogP contribution in [-0.2, 0) is 14.8 Å². The second-order valence-electron chi connectivity index (χ2n) is 4.85. The number of pyridine rings is 1. The topological polar surface area (TPSA) is 97.5 Å². The van der Waals surface area contributed by atoms with Crippen LogP contribution in [0.25, 0.3) is 0 Å². The monoisotopic (exact) mass is 300 g/mol. The van der Waals surface area contributed by atoms with Crippen molar-refractivity contribution >= 4 is 15.8 Å². The third-order valence-electron chi connectivity index (χ3n) is 3.41. The van der Waals surface area contributed by atoms with Gasteiger partial charge in [-0.2, -0.15) is 4.31 Å². The van der Waals surface area contributed by atoms with E-state index in [4.69, 9.17) is 10.6 Å². The van der Waals surface area contributed by atoms with Gasteiger partial charge in [-0.05, 0) is 30.9 Å². The lowest BCUT2D eigenvalue weighted by atomic mass is 10.0. The molecule has 1 aliphatic rings. The number of anilines is 1. The van der Waals surface area contributed by atoms with Crippen LogP contribution in [-0.4, -0.2) is 44.5 Å². The molecule has 0 aromatic carbocycles. The Morgan fingerprint density at radius 1 is 1.55 bits per heavy atom. The van der Waals surface area contributed by atoms with Crippen LogP contribution >= 0.6 is 0 Å². The molecule has 1 fully saturated rings. The molecule has 112 valence electrons. The summed E-state index contributed by atoms with van der Waals surface area (Å²) in [4.78, 5) is 4.14. The van der Waals surface area contributed by atoms with Crippen molar-refractivity contribution < 1.29 is 13.2 Å². The molecule has 0 aliphatic carbocycles. The Bertz CT molecular complexity index is 530. The lowest BCUT2D eigenvalue weighted by Crippen LogP contribution is -2.41. The molecule has 1 aromatic rings. The summed E-state index contributed by atoms with van der Waals surface area (Å²) in [6.45, 7) is 1.62. The van der Waals surface area contributed by atoms with Gasteiger partial charge in [0.15, 0.2) is 0 Å². The van der Waals surface area contributed by atoms with Gasteiger partial charge in [-0.25, -0.2) is 19.2 Å². The zero-order valence-corrected chi connectivity index (χ0v) is 12.3. The zero-order chi connectivity index (χ0) is 14.6. The summed E-state index contributed by atoms with van der Waals surface area (Å²) in [7, 11) is -1.86. The molecule has 0 radical (unpaired) electrons. The Labute approximate surface area is 119 Å². The molecule has 1 atom stereocenters. The van der Waals surface area contributed by atoms with Crippen molar-refractivity contribution in [2.24, 2.45) is 11.8 Å². The quantitative estimate of drug-likeness (QED) is 0.604. The van der Waals surface area contributed by atoms with Crippen LogP contribution < -0.4 is 11.3 Å². The van der Waals surface area contributed by atoms with Crippen molar-refractivity contribution in [3.05, 3.63) is 18.3 Å². The van der Waals surface area contributed by atoms with E-state index in [2.05, 4.69) is 10.4 Å². The van der Waals surface area contributed by atoms with Crippen LogP contribution in [0.3, 0.4) is 0 Å². The van der Waals surface area contributed by atoms with E-state index in [0.717, 1.165) is 12.8 Å². The molecular weight excluding hydrogens is 280 g/mol. The molecule has 1 aliphatic heterocycles. The number of nitrogens with one attached hydrogen (secondary N) is 1. The van der Waals surface area contributed by atoms with Crippen LogP contribution in [0, 0.1) is 5.92 Å². The number of piperidine rings is 1. The maximum Gasteiger partial charge on any atom is 0.244 e. The lowest BCUT2D eigenvalue weighted by molar-refractivity contribution is 0.118. The molecule has 0 saturated carbocycles. The summed E-state index contributed by atoms with van der Waals surface area (Å²) in [5.74, 6) is 5.90. The average molecular weight is 300 g/mol. The van der Waals surface area contributed by atoms with Crippen LogP contribution in [0.4, 0.5) is 5.82 Å². The van der Waals surface area contributed by atoms with E-state index in [1.165, 1.54) is 16.6 Å².